The van der Waals surface area contributed by atoms with Crippen LogP contribution in [0.3, 0.4) is 0 Å². The predicted molar refractivity (Wildman–Crippen MR) is 186 cm³/mol. The van der Waals surface area contributed by atoms with Crippen molar-refractivity contribution >= 4 is 29.4 Å². The molecule has 3 heterocycles. The molecule has 2 aromatic rings. The number of anilines is 1. The van der Waals surface area contributed by atoms with Crippen molar-refractivity contribution in [1.29, 1.82) is 0 Å². The number of esters is 1. The molecule has 3 aliphatic rings. The molecule has 10 nitrogen and oxygen atoms in total. The van der Waals surface area contributed by atoms with Gasteiger partial charge in [-0.1, -0.05) is 54.6 Å². The highest BCUT2D eigenvalue weighted by molar-refractivity contribution is 6.05. The summed E-state index contributed by atoms with van der Waals surface area (Å²) >= 11 is 0. The molecule has 7 atom stereocenters. The first kappa shape index (κ1) is 36.0. The number of rotatable bonds is 16. The Balaban J connectivity index is 1.48. The molecule has 2 aromatic carbocycles. The van der Waals surface area contributed by atoms with Crippen LogP contribution < -0.4 is 10.2 Å². The molecule has 49 heavy (non-hydrogen) atoms. The van der Waals surface area contributed by atoms with E-state index in [0.717, 1.165) is 16.8 Å². The van der Waals surface area contributed by atoms with Crippen LogP contribution in [0.2, 0.25) is 0 Å². The molecule has 3 saturated heterocycles. The second-order valence-electron chi connectivity index (χ2n) is 13.5. The second-order valence-corrected chi connectivity index (χ2v) is 13.5. The number of likely N-dealkylation sites (tertiary alicyclic amines) is 1. The minimum absolute atomic E-state index is 0.0446. The van der Waals surface area contributed by atoms with E-state index in [1.54, 1.807) is 28.9 Å². The molecule has 3 aliphatic heterocycles. The smallest absolute Gasteiger partial charge is 0.313 e. The summed E-state index contributed by atoms with van der Waals surface area (Å²) in [7, 11) is 0. The Morgan fingerprint density at radius 3 is 2.59 bits per heavy atom. The fourth-order valence-corrected chi connectivity index (χ4v) is 7.87. The zero-order valence-electron chi connectivity index (χ0n) is 28.8. The van der Waals surface area contributed by atoms with Gasteiger partial charge in [-0.25, -0.2) is 0 Å². The Morgan fingerprint density at radius 2 is 1.90 bits per heavy atom. The molecular weight excluding hydrogens is 622 g/mol. The first-order chi connectivity index (χ1) is 23.6. The molecule has 3 fully saturated rings. The number of aliphatic hydroxyl groups is 1. The maximum absolute atomic E-state index is 14.8. The Bertz CT molecular complexity index is 1560. The maximum atomic E-state index is 14.8. The molecule has 10 heteroatoms. The average molecular weight is 672 g/mol. The fourth-order valence-electron chi connectivity index (χ4n) is 7.87. The summed E-state index contributed by atoms with van der Waals surface area (Å²) in [5.41, 5.74) is 2.11. The number of nitrogens with one attached hydrogen (secondary N) is 1. The van der Waals surface area contributed by atoms with Crippen molar-refractivity contribution in [3.63, 3.8) is 0 Å². The molecule has 0 radical (unpaired) electrons. The fraction of sp³-hybridized carbons (Fsp3) is 0.487. The van der Waals surface area contributed by atoms with Gasteiger partial charge in [-0.3, -0.25) is 19.2 Å². The Labute approximate surface area is 289 Å². The topological polar surface area (TPSA) is 125 Å². The SMILES string of the molecule is C=CCCC(=O)N[C@@H](C)[C@H](OC(=O)[C@@H]1[C@H]2C(=O)N(CCCCO)[C@H](C(=O)N(CC=C)c3cc(C)ccc3C)[C@]23CC[C@H]1O3)c1ccccc1. The molecule has 0 unspecified atom stereocenters. The summed E-state index contributed by atoms with van der Waals surface area (Å²) in [4.78, 5) is 59.5. The van der Waals surface area contributed by atoms with Crippen molar-refractivity contribution in [2.75, 3.05) is 24.6 Å². The van der Waals surface area contributed by atoms with Crippen molar-refractivity contribution in [1.82, 2.24) is 10.2 Å². The summed E-state index contributed by atoms with van der Waals surface area (Å²) in [5.74, 6) is -3.23. The van der Waals surface area contributed by atoms with Gasteiger partial charge in [-0.05, 0) is 75.6 Å². The van der Waals surface area contributed by atoms with Crippen molar-refractivity contribution in [3.05, 3.63) is 90.5 Å². The number of carbonyl (C=O) groups is 4. The second kappa shape index (κ2) is 15.5. The van der Waals surface area contributed by atoms with Crippen LogP contribution in [0.1, 0.15) is 68.2 Å². The number of amides is 3. The Kier molecular flexibility index (Phi) is 11.4. The van der Waals surface area contributed by atoms with E-state index in [9.17, 15) is 24.3 Å². The third-order valence-electron chi connectivity index (χ3n) is 10.1. The Hall–Kier alpha value is -4.28. The van der Waals surface area contributed by atoms with Crippen LogP contribution in [0, 0.1) is 25.7 Å². The van der Waals surface area contributed by atoms with E-state index in [-0.39, 0.29) is 43.8 Å². The summed E-state index contributed by atoms with van der Waals surface area (Å²) in [6.45, 7) is 13.7. The van der Waals surface area contributed by atoms with Gasteiger partial charge in [-0.15, -0.1) is 13.2 Å². The minimum Gasteiger partial charge on any atom is -0.455 e. The number of ether oxygens (including phenoxy) is 2. The predicted octanol–water partition coefficient (Wildman–Crippen LogP) is 4.72. The molecule has 262 valence electrons. The average Bonchev–Trinajstić information content (AvgIpc) is 3.73. The number of aryl methyl sites for hydroxylation is 2. The van der Waals surface area contributed by atoms with Crippen molar-refractivity contribution in [3.8, 4) is 0 Å². The van der Waals surface area contributed by atoms with E-state index in [1.807, 2.05) is 62.4 Å². The van der Waals surface area contributed by atoms with Crippen molar-refractivity contribution < 1.29 is 33.8 Å². The van der Waals surface area contributed by atoms with Gasteiger partial charge in [0.1, 0.15) is 17.7 Å². The summed E-state index contributed by atoms with van der Waals surface area (Å²) < 4.78 is 12.9. The lowest BCUT2D eigenvalue weighted by atomic mass is 9.70. The summed E-state index contributed by atoms with van der Waals surface area (Å²) in [6, 6.07) is 13.6. The van der Waals surface area contributed by atoms with Gasteiger partial charge in [0.05, 0.1) is 24.0 Å². The molecule has 2 N–H and O–H groups in total. The molecule has 1 spiro atoms. The number of allylic oxidation sites excluding steroid dienone is 1. The van der Waals surface area contributed by atoms with Crippen LogP contribution in [0.15, 0.2) is 73.8 Å². The number of unbranched alkanes of at least 4 members (excludes halogenated alkanes) is 1. The van der Waals surface area contributed by atoms with Crippen LogP contribution in [0.25, 0.3) is 0 Å². The standard InChI is InChI=1S/C39H49N3O7/c1-6-8-16-31(44)40-27(5)34(28-14-10-9-11-15-28)48-38(47)32-30-19-20-39(49-30)33(32)36(45)42(22-12-13-23-43)35(39)37(46)41(21-7-2)29-24-25(3)17-18-26(29)4/h6-7,9-11,14-15,17-18,24,27,30,32-35,43H,1-2,8,12-13,16,19-23H2,3-5H3,(H,40,44)/t27-,30+,32-,33-,34-,35+,39-/m0/s1. The molecule has 0 aliphatic carbocycles. The zero-order valence-corrected chi connectivity index (χ0v) is 28.8. The van der Waals surface area contributed by atoms with Crippen LogP contribution in [-0.2, 0) is 28.7 Å². The van der Waals surface area contributed by atoms with E-state index in [1.165, 1.54) is 0 Å². The van der Waals surface area contributed by atoms with Gasteiger partial charge in [0.15, 0.2) is 0 Å². The van der Waals surface area contributed by atoms with Gasteiger partial charge in [0.25, 0.3) is 5.91 Å². The summed E-state index contributed by atoms with van der Waals surface area (Å²) in [6.07, 6.45) is 4.57. The number of nitrogens with zero attached hydrogens (tertiary/aromatic N) is 2. The lowest BCUT2D eigenvalue weighted by Gasteiger charge is -2.37. The van der Waals surface area contributed by atoms with Crippen molar-refractivity contribution in [2.24, 2.45) is 11.8 Å². The first-order valence-corrected chi connectivity index (χ1v) is 17.3. The minimum atomic E-state index is -1.22. The lowest BCUT2D eigenvalue weighted by molar-refractivity contribution is -0.162. The number of aliphatic hydroxyl groups excluding tert-OH is 1. The normalized spacial score (nSPS) is 25.0. The molecule has 3 amide bonds. The number of hydrogen-bond acceptors (Lipinski definition) is 7. The van der Waals surface area contributed by atoms with Crippen LogP contribution >= 0.6 is 0 Å². The van der Waals surface area contributed by atoms with E-state index >= 15 is 0 Å². The van der Waals surface area contributed by atoms with E-state index in [2.05, 4.69) is 18.5 Å². The molecular formula is C39H49N3O7. The zero-order chi connectivity index (χ0) is 35.3. The van der Waals surface area contributed by atoms with E-state index < -0.39 is 47.7 Å². The number of carbonyl (C=O) groups excluding carboxylic acids is 4. The highest BCUT2D eigenvalue weighted by atomic mass is 16.6. The quantitative estimate of drug-likeness (QED) is 0.150. The number of fused-ring (bicyclic) bond motifs is 1. The van der Waals surface area contributed by atoms with Gasteiger partial charge < -0.3 is 29.7 Å². The number of hydrogen-bond donors (Lipinski definition) is 2. The van der Waals surface area contributed by atoms with Gasteiger partial charge in [0, 0.05) is 31.8 Å². The third-order valence-corrected chi connectivity index (χ3v) is 10.1. The van der Waals surface area contributed by atoms with Gasteiger partial charge in [-0.2, -0.15) is 0 Å². The highest BCUT2D eigenvalue weighted by Gasteiger charge is 2.75. The van der Waals surface area contributed by atoms with Crippen LogP contribution in [-0.4, -0.2) is 77.2 Å². The lowest BCUT2D eigenvalue weighted by Crippen LogP contribution is -2.56. The molecule has 0 saturated carbocycles. The maximum Gasteiger partial charge on any atom is 0.313 e. The number of benzene rings is 2. The van der Waals surface area contributed by atoms with Crippen molar-refractivity contribution in [2.45, 2.75) is 89.2 Å². The first-order valence-electron chi connectivity index (χ1n) is 17.3. The summed E-state index contributed by atoms with van der Waals surface area (Å²) in [5, 5.41) is 12.5. The molecule has 5 rings (SSSR count). The van der Waals surface area contributed by atoms with Crippen LogP contribution in [0.4, 0.5) is 5.69 Å². The third kappa shape index (κ3) is 7.07. The highest BCUT2D eigenvalue weighted by Crippen LogP contribution is 2.59. The molecule has 0 aromatic heterocycles. The largest absolute Gasteiger partial charge is 0.455 e. The van der Waals surface area contributed by atoms with E-state index in [4.69, 9.17) is 9.47 Å². The van der Waals surface area contributed by atoms with Gasteiger partial charge >= 0.3 is 5.97 Å². The molecule has 2 bridgehead atoms. The van der Waals surface area contributed by atoms with Crippen LogP contribution in [0.5, 0.6) is 0 Å². The van der Waals surface area contributed by atoms with Gasteiger partial charge in [0.2, 0.25) is 11.8 Å². The Morgan fingerprint density at radius 1 is 1.14 bits per heavy atom. The van der Waals surface area contributed by atoms with E-state index in [0.29, 0.717) is 37.7 Å². The monoisotopic (exact) mass is 671 g/mol.